The predicted octanol–water partition coefficient (Wildman–Crippen LogP) is 1.57. The number of morpholine rings is 1. The molecule has 98 valence electrons. The van der Waals surface area contributed by atoms with Crippen molar-refractivity contribution in [1.82, 2.24) is 0 Å². The molecular weight excluding hydrogens is 242 g/mol. The number of nitrogens with one attached hydrogen (secondary N) is 1. The summed E-state index contributed by atoms with van der Waals surface area (Å²) in [5.74, 6) is -1.43. The molecular formula is C12H14F2N2O2. The first-order chi connectivity index (χ1) is 8.70. The van der Waals surface area contributed by atoms with E-state index in [1.54, 1.807) is 6.07 Å². The van der Waals surface area contributed by atoms with Gasteiger partial charge in [-0.3, -0.25) is 4.79 Å². The summed E-state index contributed by atoms with van der Waals surface area (Å²) in [4.78, 5) is 13.0. The van der Waals surface area contributed by atoms with Crippen molar-refractivity contribution in [3.05, 3.63) is 24.0 Å². The Morgan fingerprint density at radius 1 is 1.39 bits per heavy atom. The normalized spacial score (nSPS) is 15.6. The summed E-state index contributed by atoms with van der Waals surface area (Å²) in [6.45, 7) is 1.48. The number of nitrogens with zero attached hydrogens (tertiary/aromatic N) is 1. The van der Waals surface area contributed by atoms with E-state index >= 15 is 0 Å². The standard InChI is InChI=1S/C12H14F2N2O2/c13-8-12(17)15-11-7-9(1-2-10(11)14)16-3-5-18-6-4-16/h1-2,7H,3-6,8H2,(H,15,17). The van der Waals surface area contributed by atoms with E-state index in [-0.39, 0.29) is 5.69 Å². The molecule has 0 radical (unpaired) electrons. The van der Waals surface area contributed by atoms with E-state index in [1.807, 2.05) is 4.90 Å². The summed E-state index contributed by atoms with van der Waals surface area (Å²) in [6, 6.07) is 4.40. The Morgan fingerprint density at radius 2 is 2.11 bits per heavy atom. The first-order valence-corrected chi connectivity index (χ1v) is 5.69. The molecule has 1 aliphatic heterocycles. The largest absolute Gasteiger partial charge is 0.378 e. The highest BCUT2D eigenvalue weighted by Crippen LogP contribution is 2.23. The molecule has 1 heterocycles. The molecule has 0 atom stereocenters. The third kappa shape index (κ3) is 2.95. The van der Waals surface area contributed by atoms with Crippen LogP contribution in [-0.2, 0) is 9.53 Å². The van der Waals surface area contributed by atoms with E-state index in [2.05, 4.69) is 5.32 Å². The third-order valence-corrected chi connectivity index (χ3v) is 2.72. The van der Waals surface area contributed by atoms with Crippen LogP contribution in [0.2, 0.25) is 0 Å². The quantitative estimate of drug-likeness (QED) is 0.892. The molecule has 18 heavy (non-hydrogen) atoms. The van der Waals surface area contributed by atoms with Gasteiger partial charge in [-0.05, 0) is 18.2 Å². The zero-order valence-corrected chi connectivity index (χ0v) is 9.79. The van der Waals surface area contributed by atoms with Crippen LogP contribution in [0.4, 0.5) is 20.2 Å². The molecule has 0 saturated carbocycles. The molecule has 1 fully saturated rings. The second-order valence-electron chi connectivity index (χ2n) is 3.95. The number of carbonyl (C=O) groups excluding carboxylic acids is 1. The molecule has 0 aliphatic carbocycles. The highest BCUT2D eigenvalue weighted by molar-refractivity contribution is 5.92. The zero-order valence-electron chi connectivity index (χ0n) is 9.79. The van der Waals surface area contributed by atoms with E-state index in [0.29, 0.717) is 26.3 Å². The monoisotopic (exact) mass is 256 g/mol. The number of rotatable bonds is 3. The Hall–Kier alpha value is -1.69. The van der Waals surface area contributed by atoms with E-state index in [9.17, 15) is 13.6 Å². The summed E-state index contributed by atoms with van der Waals surface area (Å²) >= 11 is 0. The lowest BCUT2D eigenvalue weighted by Crippen LogP contribution is -2.36. The predicted molar refractivity (Wildman–Crippen MR) is 64.0 cm³/mol. The molecule has 1 aromatic carbocycles. The SMILES string of the molecule is O=C(CF)Nc1cc(N2CCOCC2)ccc1F. The average Bonchev–Trinajstić information content (AvgIpc) is 2.42. The van der Waals surface area contributed by atoms with Gasteiger partial charge in [0.2, 0.25) is 0 Å². The minimum atomic E-state index is -1.17. The number of anilines is 2. The van der Waals surface area contributed by atoms with Gasteiger partial charge in [-0.25, -0.2) is 8.78 Å². The second kappa shape index (κ2) is 5.77. The summed E-state index contributed by atoms with van der Waals surface area (Å²) in [7, 11) is 0. The van der Waals surface area contributed by atoms with Crippen LogP contribution in [0.25, 0.3) is 0 Å². The lowest BCUT2D eigenvalue weighted by atomic mass is 10.2. The number of alkyl halides is 1. The van der Waals surface area contributed by atoms with Gasteiger partial charge in [-0.2, -0.15) is 0 Å². The number of halogens is 2. The van der Waals surface area contributed by atoms with Crippen molar-refractivity contribution in [2.45, 2.75) is 0 Å². The van der Waals surface area contributed by atoms with Gasteiger partial charge in [0.25, 0.3) is 5.91 Å². The van der Waals surface area contributed by atoms with Crippen molar-refractivity contribution < 1.29 is 18.3 Å². The fourth-order valence-electron chi connectivity index (χ4n) is 1.81. The van der Waals surface area contributed by atoms with Crippen LogP contribution in [0, 0.1) is 5.82 Å². The summed E-state index contributed by atoms with van der Waals surface area (Å²) in [6.07, 6.45) is 0. The Labute approximate surface area is 104 Å². The van der Waals surface area contributed by atoms with Gasteiger partial charge in [0.05, 0.1) is 18.9 Å². The zero-order chi connectivity index (χ0) is 13.0. The summed E-state index contributed by atoms with van der Waals surface area (Å²) in [5.41, 5.74) is 0.788. The lowest BCUT2D eigenvalue weighted by molar-refractivity contribution is -0.117. The lowest BCUT2D eigenvalue weighted by Gasteiger charge is -2.29. The minimum Gasteiger partial charge on any atom is -0.378 e. The summed E-state index contributed by atoms with van der Waals surface area (Å²) in [5, 5.41) is 2.19. The van der Waals surface area contributed by atoms with Crippen molar-refractivity contribution in [3.8, 4) is 0 Å². The van der Waals surface area contributed by atoms with Crippen LogP contribution >= 0.6 is 0 Å². The number of ether oxygens (including phenoxy) is 1. The molecule has 1 N–H and O–H groups in total. The Bertz CT molecular complexity index is 434. The maximum absolute atomic E-state index is 13.5. The molecule has 4 nitrogen and oxygen atoms in total. The maximum atomic E-state index is 13.5. The van der Waals surface area contributed by atoms with Gasteiger partial charge >= 0.3 is 0 Å². The molecule has 2 rings (SSSR count). The first-order valence-electron chi connectivity index (χ1n) is 5.69. The smallest absolute Gasteiger partial charge is 0.255 e. The van der Waals surface area contributed by atoms with Crippen molar-refractivity contribution in [3.63, 3.8) is 0 Å². The fraction of sp³-hybridized carbons (Fsp3) is 0.417. The van der Waals surface area contributed by atoms with E-state index < -0.39 is 18.4 Å². The molecule has 1 amide bonds. The van der Waals surface area contributed by atoms with Crippen molar-refractivity contribution in [2.24, 2.45) is 0 Å². The first kappa shape index (κ1) is 12.8. The van der Waals surface area contributed by atoms with Gasteiger partial charge < -0.3 is 15.0 Å². The van der Waals surface area contributed by atoms with Gasteiger partial charge in [0.1, 0.15) is 5.82 Å². The Kier molecular flexibility index (Phi) is 4.09. The topological polar surface area (TPSA) is 41.6 Å². The third-order valence-electron chi connectivity index (χ3n) is 2.72. The minimum absolute atomic E-state index is 0.00152. The highest BCUT2D eigenvalue weighted by atomic mass is 19.1. The van der Waals surface area contributed by atoms with E-state index in [0.717, 1.165) is 5.69 Å². The molecule has 1 aromatic rings. The molecule has 0 bridgehead atoms. The molecule has 0 unspecified atom stereocenters. The maximum Gasteiger partial charge on any atom is 0.255 e. The van der Waals surface area contributed by atoms with Crippen LogP contribution in [0.1, 0.15) is 0 Å². The number of hydrogen-bond donors (Lipinski definition) is 1. The van der Waals surface area contributed by atoms with Crippen LogP contribution in [-0.4, -0.2) is 38.9 Å². The fourth-order valence-corrected chi connectivity index (χ4v) is 1.81. The van der Waals surface area contributed by atoms with E-state index in [4.69, 9.17) is 4.74 Å². The van der Waals surface area contributed by atoms with Gasteiger partial charge in [-0.1, -0.05) is 0 Å². The van der Waals surface area contributed by atoms with Gasteiger partial charge in [-0.15, -0.1) is 0 Å². The van der Waals surface area contributed by atoms with Crippen LogP contribution in [0.15, 0.2) is 18.2 Å². The number of hydrogen-bond acceptors (Lipinski definition) is 3. The van der Waals surface area contributed by atoms with Gasteiger partial charge in [0, 0.05) is 18.8 Å². The van der Waals surface area contributed by atoms with Gasteiger partial charge in [0.15, 0.2) is 6.67 Å². The molecule has 1 aliphatic rings. The Balaban J connectivity index is 2.16. The number of carbonyl (C=O) groups is 1. The second-order valence-corrected chi connectivity index (χ2v) is 3.95. The van der Waals surface area contributed by atoms with E-state index in [1.165, 1.54) is 12.1 Å². The molecule has 1 saturated heterocycles. The summed E-state index contributed by atoms with van der Waals surface area (Å²) < 4.78 is 30.8. The van der Waals surface area contributed by atoms with Crippen LogP contribution < -0.4 is 10.2 Å². The highest BCUT2D eigenvalue weighted by Gasteiger charge is 2.14. The number of benzene rings is 1. The van der Waals surface area contributed by atoms with Crippen molar-refractivity contribution in [1.29, 1.82) is 0 Å². The number of amides is 1. The van der Waals surface area contributed by atoms with Crippen molar-refractivity contribution >= 4 is 17.3 Å². The van der Waals surface area contributed by atoms with Crippen molar-refractivity contribution in [2.75, 3.05) is 43.2 Å². The van der Waals surface area contributed by atoms with Crippen LogP contribution in [0.5, 0.6) is 0 Å². The molecule has 0 aromatic heterocycles. The molecule has 6 heteroatoms. The van der Waals surface area contributed by atoms with Crippen LogP contribution in [0.3, 0.4) is 0 Å². The Morgan fingerprint density at radius 3 is 2.78 bits per heavy atom. The molecule has 0 spiro atoms. The average molecular weight is 256 g/mol.